The number of hydrogen-bond acceptors (Lipinski definition) is 4. The summed E-state index contributed by atoms with van der Waals surface area (Å²) in [6, 6.07) is 5.51. The van der Waals surface area contributed by atoms with Gasteiger partial charge in [-0.1, -0.05) is 0 Å². The van der Waals surface area contributed by atoms with Crippen molar-refractivity contribution >= 4 is 5.91 Å². The summed E-state index contributed by atoms with van der Waals surface area (Å²) < 4.78 is 10.4. The number of nitrogens with one attached hydrogen (secondary N) is 1. The zero-order valence-corrected chi connectivity index (χ0v) is 11.8. The molecule has 0 saturated carbocycles. The highest BCUT2D eigenvalue weighted by molar-refractivity contribution is 5.83. The molecule has 1 aromatic rings. The molecule has 0 spiro atoms. The zero-order valence-electron chi connectivity index (χ0n) is 11.8. The number of benzene rings is 1. The molecule has 1 amide bonds. The Hall–Kier alpha value is -1.75. The molecule has 19 heavy (non-hydrogen) atoms. The lowest BCUT2D eigenvalue weighted by molar-refractivity contribution is -0.136. The van der Waals surface area contributed by atoms with Crippen LogP contribution < -0.4 is 14.8 Å². The number of rotatable bonds is 6. The third-order valence-electron chi connectivity index (χ3n) is 2.72. The van der Waals surface area contributed by atoms with E-state index in [1.165, 1.54) is 13.8 Å². The van der Waals surface area contributed by atoms with Crippen molar-refractivity contribution in [3.05, 3.63) is 23.8 Å². The Morgan fingerprint density at radius 1 is 1.32 bits per heavy atom. The Morgan fingerprint density at radius 3 is 2.53 bits per heavy atom. The van der Waals surface area contributed by atoms with E-state index in [9.17, 15) is 9.90 Å². The van der Waals surface area contributed by atoms with Gasteiger partial charge in [0.05, 0.1) is 14.2 Å². The maximum Gasteiger partial charge on any atom is 0.251 e. The van der Waals surface area contributed by atoms with Gasteiger partial charge in [0.1, 0.15) is 17.1 Å². The van der Waals surface area contributed by atoms with Gasteiger partial charge in [0.2, 0.25) is 0 Å². The van der Waals surface area contributed by atoms with E-state index < -0.39 is 11.5 Å². The minimum absolute atomic E-state index is 0.394. The van der Waals surface area contributed by atoms with Crippen molar-refractivity contribution in [2.24, 2.45) is 0 Å². The molecule has 0 fully saturated rings. The van der Waals surface area contributed by atoms with Gasteiger partial charge < -0.3 is 19.9 Å². The van der Waals surface area contributed by atoms with Gasteiger partial charge in [0, 0.05) is 6.54 Å². The second-order valence-electron chi connectivity index (χ2n) is 4.74. The van der Waals surface area contributed by atoms with Crippen molar-refractivity contribution in [3.8, 4) is 11.5 Å². The second-order valence-corrected chi connectivity index (χ2v) is 4.74. The molecule has 2 N–H and O–H groups in total. The quantitative estimate of drug-likeness (QED) is 0.811. The van der Waals surface area contributed by atoms with E-state index in [0.29, 0.717) is 13.0 Å². The van der Waals surface area contributed by atoms with E-state index >= 15 is 0 Å². The predicted molar refractivity (Wildman–Crippen MR) is 72.6 cm³/mol. The third kappa shape index (κ3) is 4.44. The first kappa shape index (κ1) is 15.3. The Balaban J connectivity index is 2.64. The molecule has 1 aromatic carbocycles. The van der Waals surface area contributed by atoms with E-state index in [4.69, 9.17) is 9.47 Å². The highest BCUT2D eigenvalue weighted by Gasteiger charge is 2.22. The van der Waals surface area contributed by atoms with Crippen LogP contribution in [0.4, 0.5) is 0 Å². The van der Waals surface area contributed by atoms with Gasteiger partial charge in [-0.3, -0.25) is 4.79 Å². The average Bonchev–Trinajstić information content (AvgIpc) is 2.37. The van der Waals surface area contributed by atoms with Gasteiger partial charge >= 0.3 is 0 Å². The van der Waals surface area contributed by atoms with Crippen LogP contribution in [0.2, 0.25) is 0 Å². The van der Waals surface area contributed by atoms with Crippen molar-refractivity contribution < 1.29 is 19.4 Å². The van der Waals surface area contributed by atoms with Gasteiger partial charge in [-0.15, -0.1) is 0 Å². The van der Waals surface area contributed by atoms with Gasteiger partial charge in [0.25, 0.3) is 5.91 Å². The number of carbonyl (C=O) groups excluding carboxylic acids is 1. The molecule has 0 unspecified atom stereocenters. The molecule has 0 aliphatic heterocycles. The molecular weight excluding hydrogens is 246 g/mol. The van der Waals surface area contributed by atoms with Gasteiger partial charge in [0.15, 0.2) is 0 Å². The van der Waals surface area contributed by atoms with Crippen LogP contribution >= 0.6 is 0 Å². The molecule has 0 atom stereocenters. The summed E-state index contributed by atoms with van der Waals surface area (Å²) in [7, 11) is 3.20. The zero-order chi connectivity index (χ0) is 14.5. The first-order valence-electron chi connectivity index (χ1n) is 6.10. The molecule has 0 bridgehead atoms. The van der Waals surface area contributed by atoms with Gasteiger partial charge in [-0.2, -0.15) is 0 Å². The SMILES string of the molecule is COc1ccc(OC)c(CCNC(=O)C(C)(C)O)c1. The smallest absolute Gasteiger partial charge is 0.251 e. The number of amides is 1. The third-order valence-corrected chi connectivity index (χ3v) is 2.72. The van der Waals surface area contributed by atoms with E-state index in [-0.39, 0.29) is 0 Å². The summed E-state index contributed by atoms with van der Waals surface area (Å²) in [5.74, 6) is 1.09. The maximum atomic E-state index is 11.5. The molecule has 0 heterocycles. The Morgan fingerprint density at radius 2 is 2.00 bits per heavy atom. The van der Waals surface area contributed by atoms with Crippen molar-refractivity contribution in [1.82, 2.24) is 5.32 Å². The Kier molecular flexibility index (Phi) is 5.18. The van der Waals surface area contributed by atoms with Crippen LogP contribution in [-0.4, -0.2) is 37.4 Å². The molecule has 0 aliphatic carbocycles. The maximum absolute atomic E-state index is 11.5. The average molecular weight is 267 g/mol. The number of aliphatic hydroxyl groups is 1. The lowest BCUT2D eigenvalue weighted by Gasteiger charge is -2.17. The fourth-order valence-corrected chi connectivity index (χ4v) is 1.60. The molecule has 106 valence electrons. The summed E-state index contributed by atoms with van der Waals surface area (Å²) in [5, 5.41) is 12.2. The topological polar surface area (TPSA) is 67.8 Å². The first-order valence-corrected chi connectivity index (χ1v) is 6.10. The van der Waals surface area contributed by atoms with E-state index in [1.807, 2.05) is 18.2 Å². The van der Waals surface area contributed by atoms with E-state index in [1.54, 1.807) is 14.2 Å². The lowest BCUT2D eigenvalue weighted by Crippen LogP contribution is -2.42. The highest BCUT2D eigenvalue weighted by atomic mass is 16.5. The van der Waals surface area contributed by atoms with Crippen LogP contribution in [0.25, 0.3) is 0 Å². The largest absolute Gasteiger partial charge is 0.497 e. The molecule has 0 aromatic heterocycles. The molecule has 0 radical (unpaired) electrons. The van der Waals surface area contributed by atoms with Crippen LogP contribution in [0.15, 0.2) is 18.2 Å². The summed E-state index contributed by atoms with van der Waals surface area (Å²) in [6.07, 6.45) is 0.599. The highest BCUT2D eigenvalue weighted by Crippen LogP contribution is 2.24. The fourth-order valence-electron chi connectivity index (χ4n) is 1.60. The number of hydrogen-bond donors (Lipinski definition) is 2. The van der Waals surface area contributed by atoms with Crippen LogP contribution in [0.3, 0.4) is 0 Å². The van der Waals surface area contributed by atoms with Crippen LogP contribution in [-0.2, 0) is 11.2 Å². The first-order chi connectivity index (χ1) is 8.88. The fraction of sp³-hybridized carbons (Fsp3) is 0.500. The Bertz CT molecular complexity index is 438. The van der Waals surface area contributed by atoms with Crippen LogP contribution in [0.1, 0.15) is 19.4 Å². The van der Waals surface area contributed by atoms with Crippen molar-refractivity contribution in [2.45, 2.75) is 25.9 Å². The molecule has 0 aliphatic rings. The second kappa shape index (κ2) is 6.43. The summed E-state index contributed by atoms with van der Waals surface area (Å²) in [6.45, 7) is 3.33. The summed E-state index contributed by atoms with van der Waals surface area (Å²) in [5.41, 5.74) is -0.420. The van der Waals surface area contributed by atoms with Crippen molar-refractivity contribution in [1.29, 1.82) is 0 Å². The van der Waals surface area contributed by atoms with E-state index in [0.717, 1.165) is 17.1 Å². The summed E-state index contributed by atoms with van der Waals surface area (Å²) >= 11 is 0. The Labute approximate surface area is 113 Å². The van der Waals surface area contributed by atoms with Crippen LogP contribution in [0.5, 0.6) is 11.5 Å². The molecule has 0 saturated heterocycles. The predicted octanol–water partition coefficient (Wildman–Crippen LogP) is 1.13. The minimum Gasteiger partial charge on any atom is -0.497 e. The van der Waals surface area contributed by atoms with Crippen molar-refractivity contribution in [2.75, 3.05) is 20.8 Å². The molecule has 5 nitrogen and oxygen atoms in total. The number of ether oxygens (including phenoxy) is 2. The molecular formula is C14H21NO4. The summed E-state index contributed by atoms with van der Waals surface area (Å²) in [4.78, 5) is 11.5. The van der Waals surface area contributed by atoms with Crippen LogP contribution in [0, 0.1) is 0 Å². The normalized spacial score (nSPS) is 11.0. The number of methoxy groups -OCH3 is 2. The van der Waals surface area contributed by atoms with Gasteiger partial charge in [-0.05, 0) is 44.0 Å². The van der Waals surface area contributed by atoms with E-state index in [2.05, 4.69) is 5.32 Å². The monoisotopic (exact) mass is 267 g/mol. The van der Waals surface area contributed by atoms with Gasteiger partial charge in [-0.25, -0.2) is 0 Å². The molecule has 1 rings (SSSR count). The number of carbonyl (C=O) groups is 1. The molecule has 5 heteroatoms. The minimum atomic E-state index is -1.36. The lowest BCUT2D eigenvalue weighted by atomic mass is 10.1. The standard InChI is InChI=1S/C14H21NO4/c1-14(2,17)13(16)15-8-7-10-9-11(18-3)5-6-12(10)19-4/h5-6,9,17H,7-8H2,1-4H3,(H,15,16). The van der Waals surface area contributed by atoms with Crippen molar-refractivity contribution in [3.63, 3.8) is 0 Å².